The van der Waals surface area contributed by atoms with Crippen molar-refractivity contribution in [3.05, 3.63) is 64.6 Å². The molecule has 2 aliphatic carbocycles. The van der Waals surface area contributed by atoms with Crippen LogP contribution in [-0.2, 0) is 6.42 Å². The fraction of sp³-hybridized carbons (Fsp3) is 0.444. The van der Waals surface area contributed by atoms with E-state index in [4.69, 9.17) is 4.74 Å². The van der Waals surface area contributed by atoms with Crippen LogP contribution in [0, 0.1) is 30.5 Å². The summed E-state index contributed by atoms with van der Waals surface area (Å²) < 4.78 is 20.4. The van der Waals surface area contributed by atoms with Gasteiger partial charge in [0.25, 0.3) is 0 Å². The molecule has 1 aromatic heterocycles. The first-order chi connectivity index (χ1) is 15.5. The minimum atomic E-state index is -1.22. The van der Waals surface area contributed by atoms with Gasteiger partial charge in [-0.1, -0.05) is 6.07 Å². The van der Waals surface area contributed by atoms with Gasteiger partial charge in [0.15, 0.2) is 0 Å². The van der Waals surface area contributed by atoms with Crippen molar-refractivity contribution in [1.82, 2.24) is 4.98 Å². The average molecular weight is 436 g/mol. The number of aromatic amines is 1. The van der Waals surface area contributed by atoms with E-state index in [-0.39, 0.29) is 11.5 Å². The lowest BCUT2D eigenvalue weighted by molar-refractivity contribution is 0.0692. The van der Waals surface area contributed by atoms with Gasteiger partial charge in [-0.05, 0) is 105 Å². The van der Waals surface area contributed by atoms with Crippen molar-refractivity contribution in [2.24, 2.45) is 17.8 Å². The summed E-state index contributed by atoms with van der Waals surface area (Å²) in [5.74, 6) is 1.12. The third-order valence-corrected chi connectivity index (χ3v) is 7.77. The second-order valence-corrected chi connectivity index (χ2v) is 9.67. The van der Waals surface area contributed by atoms with Crippen molar-refractivity contribution in [3.63, 3.8) is 0 Å². The number of benzene rings is 2. The molecule has 0 aliphatic heterocycles. The van der Waals surface area contributed by atoms with Crippen LogP contribution < -0.4 is 4.74 Å². The summed E-state index contributed by atoms with van der Waals surface area (Å²) in [7, 11) is 1.72. The lowest BCUT2D eigenvalue weighted by atomic mass is 9.67. The molecule has 1 heterocycles. The van der Waals surface area contributed by atoms with Crippen LogP contribution >= 0.6 is 0 Å². The third kappa shape index (κ3) is 3.78. The number of carbonyl (C=O) groups is 1. The van der Waals surface area contributed by atoms with Gasteiger partial charge in [-0.3, -0.25) is 0 Å². The molecule has 168 valence electrons. The fourth-order valence-corrected chi connectivity index (χ4v) is 5.94. The van der Waals surface area contributed by atoms with Gasteiger partial charge in [-0.25, -0.2) is 9.18 Å². The van der Waals surface area contributed by atoms with Crippen LogP contribution in [0.25, 0.3) is 10.9 Å². The SMILES string of the molecule is COc1cc(C)c2[nH]ccc2c1CC1CC[C@H](C2CC2)C[C@H]1c1ccc(C(=O)O)c(F)c1. The highest BCUT2D eigenvalue weighted by atomic mass is 19.1. The Morgan fingerprint density at radius 3 is 2.62 bits per heavy atom. The number of halogens is 1. The van der Waals surface area contributed by atoms with E-state index in [1.807, 2.05) is 12.3 Å². The summed E-state index contributed by atoms with van der Waals surface area (Å²) in [4.78, 5) is 14.7. The number of fused-ring (bicyclic) bond motifs is 1. The first-order valence-electron chi connectivity index (χ1n) is 11.6. The Bertz CT molecular complexity index is 1160. The maximum atomic E-state index is 14.6. The number of carboxylic acids is 1. The largest absolute Gasteiger partial charge is 0.496 e. The molecular weight excluding hydrogens is 405 g/mol. The summed E-state index contributed by atoms with van der Waals surface area (Å²) in [6, 6.07) is 8.95. The number of hydrogen-bond acceptors (Lipinski definition) is 2. The molecule has 2 N–H and O–H groups in total. The molecule has 2 aromatic carbocycles. The smallest absolute Gasteiger partial charge is 0.338 e. The molecule has 4 nitrogen and oxygen atoms in total. The van der Waals surface area contributed by atoms with Crippen LogP contribution in [0.3, 0.4) is 0 Å². The highest BCUT2D eigenvalue weighted by Gasteiger charge is 2.39. The number of carboxylic acid groups (broad SMARTS) is 1. The minimum absolute atomic E-state index is 0.215. The first-order valence-corrected chi connectivity index (χ1v) is 11.6. The number of aryl methyl sites for hydroxylation is 1. The summed E-state index contributed by atoms with van der Waals surface area (Å²) in [5.41, 5.74) is 4.18. The molecule has 1 unspecified atom stereocenters. The Kier molecular flexibility index (Phi) is 5.44. The maximum absolute atomic E-state index is 14.6. The standard InChI is InChI=1S/C27H30FNO3/c1-15-11-25(32-2)23(20-9-10-29-26(15)20)13-18-6-5-17(16-3-4-16)12-22(18)19-7-8-21(27(30)31)24(28)14-19/h7-11,14,16-18,22,29H,3-6,12-13H2,1-2H3,(H,30,31)/t17-,18?,22+/m0/s1. The number of rotatable bonds is 6. The van der Waals surface area contributed by atoms with Crippen LogP contribution in [0.1, 0.15) is 65.1 Å². The van der Waals surface area contributed by atoms with Gasteiger partial charge in [0.2, 0.25) is 0 Å². The molecule has 0 radical (unpaired) electrons. The molecule has 3 aromatic rings. The van der Waals surface area contributed by atoms with Gasteiger partial charge in [-0.15, -0.1) is 0 Å². The lowest BCUT2D eigenvalue weighted by Gasteiger charge is -2.37. The molecule has 2 fully saturated rings. The number of aromatic carboxylic acids is 1. The quantitative estimate of drug-likeness (QED) is 0.466. The Hall–Kier alpha value is -2.82. The summed E-state index contributed by atoms with van der Waals surface area (Å²) in [6.07, 6.45) is 8.81. The molecule has 0 saturated heterocycles. The molecule has 0 amide bonds. The number of methoxy groups -OCH3 is 1. The van der Waals surface area contributed by atoms with E-state index in [1.54, 1.807) is 7.11 Å². The first kappa shape index (κ1) is 21.0. The van der Waals surface area contributed by atoms with E-state index >= 15 is 0 Å². The van der Waals surface area contributed by atoms with E-state index in [0.29, 0.717) is 11.8 Å². The van der Waals surface area contributed by atoms with Crippen LogP contribution in [-0.4, -0.2) is 23.2 Å². The monoisotopic (exact) mass is 435 g/mol. The van der Waals surface area contributed by atoms with E-state index in [2.05, 4.69) is 24.0 Å². The number of ether oxygens (including phenoxy) is 1. The van der Waals surface area contributed by atoms with Crippen molar-refractivity contribution in [2.75, 3.05) is 7.11 Å². The van der Waals surface area contributed by atoms with Gasteiger partial charge < -0.3 is 14.8 Å². The van der Waals surface area contributed by atoms with Gasteiger partial charge in [0.1, 0.15) is 11.6 Å². The molecule has 2 saturated carbocycles. The third-order valence-electron chi connectivity index (χ3n) is 7.77. The minimum Gasteiger partial charge on any atom is -0.496 e. The Labute approximate surface area is 187 Å². The van der Waals surface area contributed by atoms with Crippen LogP contribution in [0.2, 0.25) is 0 Å². The zero-order valence-corrected chi connectivity index (χ0v) is 18.7. The van der Waals surface area contributed by atoms with Gasteiger partial charge in [-0.2, -0.15) is 0 Å². The lowest BCUT2D eigenvalue weighted by Crippen LogP contribution is -2.26. The summed E-state index contributed by atoms with van der Waals surface area (Å²) in [5, 5.41) is 10.4. The molecule has 3 atom stereocenters. The number of aromatic nitrogens is 1. The van der Waals surface area contributed by atoms with Crippen LogP contribution in [0.4, 0.5) is 4.39 Å². The molecule has 32 heavy (non-hydrogen) atoms. The second-order valence-electron chi connectivity index (χ2n) is 9.67. The van der Waals surface area contributed by atoms with Gasteiger partial charge in [0.05, 0.1) is 12.7 Å². The van der Waals surface area contributed by atoms with E-state index in [0.717, 1.165) is 47.6 Å². The van der Waals surface area contributed by atoms with Gasteiger partial charge in [0, 0.05) is 22.7 Å². The number of nitrogens with one attached hydrogen (secondary N) is 1. The average Bonchev–Trinajstić information content (AvgIpc) is 3.51. The number of H-pyrrole nitrogens is 1. The van der Waals surface area contributed by atoms with Crippen molar-refractivity contribution in [3.8, 4) is 5.75 Å². The molecule has 0 spiro atoms. The summed E-state index contributed by atoms with van der Waals surface area (Å²) >= 11 is 0. The van der Waals surface area contributed by atoms with Crippen molar-refractivity contribution < 1.29 is 19.0 Å². The second kappa shape index (κ2) is 8.27. The molecule has 2 aliphatic rings. The van der Waals surface area contributed by atoms with Crippen molar-refractivity contribution >= 4 is 16.9 Å². The summed E-state index contributed by atoms with van der Waals surface area (Å²) in [6.45, 7) is 2.08. The van der Waals surface area contributed by atoms with E-state index in [9.17, 15) is 14.3 Å². The highest BCUT2D eigenvalue weighted by Crippen LogP contribution is 2.51. The number of hydrogen-bond donors (Lipinski definition) is 2. The predicted octanol–water partition coefficient (Wildman–Crippen LogP) is 6.47. The predicted molar refractivity (Wildman–Crippen MR) is 123 cm³/mol. The van der Waals surface area contributed by atoms with Crippen molar-refractivity contribution in [2.45, 2.75) is 51.4 Å². The molecule has 5 rings (SSSR count). The Morgan fingerprint density at radius 1 is 1.16 bits per heavy atom. The molecular formula is C27H30FNO3. The van der Waals surface area contributed by atoms with E-state index in [1.165, 1.54) is 42.3 Å². The van der Waals surface area contributed by atoms with Crippen molar-refractivity contribution in [1.29, 1.82) is 0 Å². The maximum Gasteiger partial charge on any atom is 0.338 e. The topological polar surface area (TPSA) is 62.3 Å². The fourth-order valence-electron chi connectivity index (χ4n) is 5.94. The normalized spacial score (nSPS) is 23.4. The zero-order chi connectivity index (χ0) is 22.4. The molecule has 0 bridgehead atoms. The zero-order valence-electron chi connectivity index (χ0n) is 18.7. The Morgan fingerprint density at radius 2 is 1.94 bits per heavy atom. The van der Waals surface area contributed by atoms with Crippen LogP contribution in [0.5, 0.6) is 5.75 Å². The van der Waals surface area contributed by atoms with E-state index < -0.39 is 11.8 Å². The Balaban J connectivity index is 1.51. The van der Waals surface area contributed by atoms with Gasteiger partial charge >= 0.3 is 5.97 Å². The van der Waals surface area contributed by atoms with Crippen LogP contribution in [0.15, 0.2) is 36.5 Å². The highest BCUT2D eigenvalue weighted by molar-refractivity contribution is 5.88. The molecule has 5 heteroatoms.